The molecule has 3 heterocycles. The first kappa shape index (κ1) is 13.6. The van der Waals surface area contributed by atoms with Gasteiger partial charge in [-0.05, 0) is 33.2 Å². The molecular formula is C15H20N4S. The van der Waals surface area contributed by atoms with Gasteiger partial charge in [0.25, 0.3) is 0 Å². The molecular weight excluding hydrogens is 268 g/mol. The first-order valence-corrected chi connectivity index (χ1v) is 8.07. The molecule has 20 heavy (non-hydrogen) atoms. The maximum absolute atomic E-state index is 4.81. The smallest absolute Gasteiger partial charge is 0.100 e. The van der Waals surface area contributed by atoms with Crippen molar-refractivity contribution in [3.63, 3.8) is 0 Å². The highest BCUT2D eigenvalue weighted by atomic mass is 32.1. The van der Waals surface area contributed by atoms with Gasteiger partial charge >= 0.3 is 0 Å². The van der Waals surface area contributed by atoms with E-state index in [2.05, 4.69) is 28.7 Å². The molecule has 0 aromatic carbocycles. The van der Waals surface area contributed by atoms with Gasteiger partial charge in [-0.1, -0.05) is 0 Å². The largest absolute Gasteiger partial charge is 0.300 e. The van der Waals surface area contributed by atoms with Crippen LogP contribution in [0, 0.1) is 0 Å². The summed E-state index contributed by atoms with van der Waals surface area (Å²) < 4.78 is 0. The van der Waals surface area contributed by atoms with E-state index < -0.39 is 0 Å². The lowest BCUT2D eigenvalue weighted by Crippen LogP contribution is -2.39. The predicted molar refractivity (Wildman–Crippen MR) is 81.8 cm³/mol. The average Bonchev–Trinajstić information content (AvgIpc) is 3.02. The van der Waals surface area contributed by atoms with Crippen molar-refractivity contribution in [2.75, 3.05) is 13.1 Å². The Hall–Kier alpha value is -1.33. The summed E-state index contributed by atoms with van der Waals surface area (Å²) in [7, 11) is 0. The van der Waals surface area contributed by atoms with Crippen molar-refractivity contribution in [1.29, 1.82) is 0 Å². The van der Waals surface area contributed by atoms with Gasteiger partial charge in [0.1, 0.15) is 5.69 Å². The van der Waals surface area contributed by atoms with Crippen molar-refractivity contribution >= 4 is 11.3 Å². The normalized spacial score (nSPS) is 20.4. The van der Waals surface area contributed by atoms with Crippen LogP contribution in [0.5, 0.6) is 0 Å². The van der Waals surface area contributed by atoms with Crippen molar-refractivity contribution in [2.45, 2.75) is 38.6 Å². The molecule has 1 saturated heterocycles. The molecule has 2 aromatic rings. The quantitative estimate of drug-likeness (QED) is 0.870. The highest BCUT2D eigenvalue weighted by Crippen LogP contribution is 2.28. The third kappa shape index (κ3) is 2.88. The summed E-state index contributed by atoms with van der Waals surface area (Å²) in [5.41, 5.74) is 3.91. The van der Waals surface area contributed by atoms with Crippen LogP contribution in [0.4, 0.5) is 0 Å². The van der Waals surface area contributed by atoms with Crippen molar-refractivity contribution < 1.29 is 0 Å². The average molecular weight is 288 g/mol. The van der Waals surface area contributed by atoms with Gasteiger partial charge in [-0.25, -0.2) is 4.98 Å². The summed E-state index contributed by atoms with van der Waals surface area (Å²) >= 11 is 1.61. The first-order chi connectivity index (χ1) is 9.74. The summed E-state index contributed by atoms with van der Waals surface area (Å²) in [5.74, 6) is 0.506. The van der Waals surface area contributed by atoms with Gasteiger partial charge in [-0.2, -0.15) is 0 Å². The molecule has 106 valence electrons. The number of likely N-dealkylation sites (tertiary alicyclic amines) is 1. The van der Waals surface area contributed by atoms with Gasteiger partial charge in [-0.3, -0.25) is 9.97 Å². The van der Waals surface area contributed by atoms with Crippen molar-refractivity contribution in [2.24, 2.45) is 0 Å². The van der Waals surface area contributed by atoms with E-state index in [0.29, 0.717) is 12.0 Å². The number of nitrogens with zero attached hydrogens (tertiary/aromatic N) is 4. The molecule has 4 nitrogen and oxygen atoms in total. The van der Waals surface area contributed by atoms with E-state index in [1.807, 2.05) is 24.1 Å². The Bertz CT molecular complexity index is 553. The van der Waals surface area contributed by atoms with Gasteiger partial charge < -0.3 is 4.90 Å². The number of hydrogen-bond acceptors (Lipinski definition) is 5. The van der Waals surface area contributed by atoms with Crippen molar-refractivity contribution in [3.8, 4) is 10.6 Å². The molecule has 5 heteroatoms. The third-order valence-electron chi connectivity index (χ3n) is 3.94. The molecule has 0 saturated carbocycles. The first-order valence-electron chi connectivity index (χ1n) is 7.19. The molecule has 1 fully saturated rings. The van der Waals surface area contributed by atoms with Crippen LogP contribution in [0.1, 0.15) is 38.3 Å². The van der Waals surface area contributed by atoms with Gasteiger partial charge in [0, 0.05) is 30.9 Å². The second-order valence-electron chi connectivity index (χ2n) is 5.62. The number of piperidine rings is 1. The Morgan fingerprint density at radius 1 is 1.25 bits per heavy atom. The Morgan fingerprint density at radius 3 is 2.90 bits per heavy atom. The Balaban J connectivity index is 1.81. The second-order valence-corrected chi connectivity index (χ2v) is 6.51. The molecule has 0 N–H and O–H groups in total. The zero-order chi connectivity index (χ0) is 13.9. The van der Waals surface area contributed by atoms with Gasteiger partial charge in [0.2, 0.25) is 0 Å². The highest BCUT2D eigenvalue weighted by molar-refractivity contribution is 7.13. The zero-order valence-electron chi connectivity index (χ0n) is 12.0. The fourth-order valence-electron chi connectivity index (χ4n) is 2.76. The van der Waals surface area contributed by atoms with E-state index in [1.165, 1.54) is 19.4 Å². The minimum atomic E-state index is 0.506. The van der Waals surface area contributed by atoms with E-state index in [4.69, 9.17) is 4.98 Å². The Morgan fingerprint density at radius 2 is 2.15 bits per heavy atom. The van der Waals surface area contributed by atoms with Gasteiger partial charge in [0.05, 0.1) is 22.3 Å². The minimum Gasteiger partial charge on any atom is -0.300 e. The molecule has 0 amide bonds. The molecule has 0 spiro atoms. The number of thiazole rings is 1. The topological polar surface area (TPSA) is 41.9 Å². The number of hydrogen-bond donors (Lipinski definition) is 0. The minimum absolute atomic E-state index is 0.506. The van der Waals surface area contributed by atoms with E-state index in [0.717, 1.165) is 22.8 Å². The maximum atomic E-state index is 4.81. The fourth-order valence-corrected chi connectivity index (χ4v) is 3.33. The van der Waals surface area contributed by atoms with E-state index in [9.17, 15) is 0 Å². The summed E-state index contributed by atoms with van der Waals surface area (Å²) in [6.45, 7) is 6.83. The van der Waals surface area contributed by atoms with Crippen LogP contribution in [-0.2, 0) is 0 Å². The Labute approximate surface area is 123 Å². The van der Waals surface area contributed by atoms with E-state index >= 15 is 0 Å². The van der Waals surface area contributed by atoms with Crippen LogP contribution in [0.2, 0.25) is 0 Å². The van der Waals surface area contributed by atoms with Crippen molar-refractivity contribution in [1.82, 2.24) is 19.9 Å². The summed E-state index contributed by atoms with van der Waals surface area (Å²) in [6.07, 6.45) is 8.08. The highest BCUT2D eigenvalue weighted by Gasteiger charge is 2.24. The standard InChI is InChI=1S/C15H20N4S/c1-11(2)19-5-3-4-12(9-19)13-6-16-7-14(18-13)15-8-17-10-20-15/h6-8,10-12H,3-5,9H2,1-2H3. The molecule has 1 aliphatic heterocycles. The molecule has 1 atom stereocenters. The Kier molecular flexibility index (Phi) is 4.08. The lowest BCUT2D eigenvalue weighted by Gasteiger charge is -2.35. The monoisotopic (exact) mass is 288 g/mol. The summed E-state index contributed by atoms with van der Waals surface area (Å²) in [4.78, 5) is 16.9. The second kappa shape index (κ2) is 5.97. The number of aromatic nitrogens is 3. The maximum Gasteiger partial charge on any atom is 0.100 e. The lowest BCUT2D eigenvalue weighted by molar-refractivity contribution is 0.166. The van der Waals surface area contributed by atoms with Crippen LogP contribution in [0.3, 0.4) is 0 Å². The molecule has 2 aromatic heterocycles. The molecule has 0 aliphatic carbocycles. The predicted octanol–water partition coefficient (Wildman–Crippen LogP) is 3.19. The molecule has 1 aliphatic rings. The molecule has 3 rings (SSSR count). The summed E-state index contributed by atoms with van der Waals surface area (Å²) in [5, 5.41) is 0. The van der Waals surface area contributed by atoms with Crippen molar-refractivity contribution in [3.05, 3.63) is 29.8 Å². The van der Waals surface area contributed by atoms with Crippen LogP contribution < -0.4 is 0 Å². The van der Waals surface area contributed by atoms with Crippen LogP contribution in [-0.4, -0.2) is 39.0 Å². The zero-order valence-corrected chi connectivity index (χ0v) is 12.8. The molecule has 1 unspecified atom stereocenters. The van der Waals surface area contributed by atoms with Gasteiger partial charge in [-0.15, -0.1) is 11.3 Å². The third-order valence-corrected chi connectivity index (χ3v) is 4.73. The SMILES string of the molecule is CC(C)N1CCCC(c2cncc(-c3cncs3)n2)C1. The summed E-state index contributed by atoms with van der Waals surface area (Å²) in [6, 6.07) is 0.607. The van der Waals surface area contributed by atoms with E-state index in [1.54, 1.807) is 11.3 Å². The van der Waals surface area contributed by atoms with Crippen LogP contribution >= 0.6 is 11.3 Å². The molecule has 0 bridgehead atoms. The van der Waals surface area contributed by atoms with E-state index in [-0.39, 0.29) is 0 Å². The number of rotatable bonds is 3. The van der Waals surface area contributed by atoms with Crippen LogP contribution in [0.25, 0.3) is 10.6 Å². The fraction of sp³-hybridized carbons (Fsp3) is 0.533. The van der Waals surface area contributed by atoms with Crippen LogP contribution in [0.15, 0.2) is 24.1 Å². The van der Waals surface area contributed by atoms with Gasteiger partial charge in [0.15, 0.2) is 0 Å². The lowest BCUT2D eigenvalue weighted by atomic mass is 9.94. The molecule has 0 radical (unpaired) electrons.